The van der Waals surface area contributed by atoms with Crippen molar-refractivity contribution < 1.29 is 9.53 Å². The van der Waals surface area contributed by atoms with Gasteiger partial charge in [-0.2, -0.15) is 0 Å². The molecule has 2 aromatic heterocycles. The molecule has 9 heteroatoms. The summed E-state index contributed by atoms with van der Waals surface area (Å²) < 4.78 is 7.50. The van der Waals surface area contributed by atoms with E-state index in [9.17, 15) is 9.70 Å². The Kier molecular flexibility index (Phi) is 6.75. The van der Waals surface area contributed by atoms with Crippen LogP contribution in [0.4, 0.5) is 5.95 Å². The van der Waals surface area contributed by atoms with Crippen molar-refractivity contribution in [2.75, 3.05) is 38.2 Å². The lowest BCUT2D eigenvalue weighted by Crippen LogP contribution is -2.38. The molecular weight excluding hydrogens is 408 g/mol. The Balaban J connectivity index is 1.22. The molecule has 0 bridgehead atoms. The molecule has 9 nitrogen and oxygen atoms in total. The van der Waals surface area contributed by atoms with Gasteiger partial charge in [-0.1, -0.05) is 0 Å². The van der Waals surface area contributed by atoms with Crippen molar-refractivity contribution in [3.8, 4) is 5.75 Å². The molecule has 168 valence electrons. The number of ether oxygens (including phenoxy) is 1. The quantitative estimate of drug-likeness (QED) is 0.428. The molecule has 1 fully saturated rings. The van der Waals surface area contributed by atoms with Crippen LogP contribution in [0.2, 0.25) is 0 Å². The molecular formula is C23H28N6O3. The zero-order valence-corrected chi connectivity index (χ0v) is 18.5. The Bertz CT molecular complexity index is 1090. The Labute approximate surface area is 186 Å². The van der Waals surface area contributed by atoms with Gasteiger partial charge in [-0.15, -0.1) is 4.91 Å². The van der Waals surface area contributed by atoms with Crippen LogP contribution in [0.1, 0.15) is 28.8 Å². The minimum absolute atomic E-state index is 0.119. The predicted octanol–water partition coefficient (Wildman–Crippen LogP) is 2.93. The summed E-state index contributed by atoms with van der Waals surface area (Å²) >= 11 is 0. The number of anilines is 1. The average molecular weight is 437 g/mol. The summed E-state index contributed by atoms with van der Waals surface area (Å²) in [5.74, 6) is 1.24. The van der Waals surface area contributed by atoms with Gasteiger partial charge in [-0.3, -0.25) is 4.79 Å². The fourth-order valence-electron chi connectivity index (χ4n) is 4.29. The number of rotatable bonds is 8. The highest BCUT2D eigenvalue weighted by Gasteiger charge is 2.21. The van der Waals surface area contributed by atoms with Crippen LogP contribution in [0.15, 0.2) is 42.0 Å². The minimum atomic E-state index is -0.843. The number of aromatic nitrogens is 3. The SMILES string of the molecule is COc1ccc2c(CCNCC3CCN(c4ncc(C(=O)N=O)cn4)CC3)cn(C)c2c1. The van der Waals surface area contributed by atoms with E-state index in [1.54, 1.807) is 7.11 Å². The fraction of sp³-hybridized carbons (Fsp3) is 0.435. The van der Waals surface area contributed by atoms with Crippen molar-refractivity contribution in [3.05, 3.63) is 52.8 Å². The lowest BCUT2D eigenvalue weighted by Gasteiger charge is -2.32. The Morgan fingerprint density at radius 3 is 2.69 bits per heavy atom. The number of fused-ring (bicyclic) bond motifs is 1. The van der Waals surface area contributed by atoms with E-state index in [-0.39, 0.29) is 5.56 Å². The van der Waals surface area contributed by atoms with Gasteiger partial charge in [0, 0.05) is 55.4 Å². The van der Waals surface area contributed by atoms with Gasteiger partial charge in [0.15, 0.2) is 0 Å². The molecule has 0 unspecified atom stereocenters. The third kappa shape index (κ3) is 4.77. The van der Waals surface area contributed by atoms with E-state index in [1.165, 1.54) is 28.9 Å². The van der Waals surface area contributed by atoms with Crippen LogP contribution in [0.5, 0.6) is 5.75 Å². The van der Waals surface area contributed by atoms with Gasteiger partial charge >= 0.3 is 5.91 Å². The lowest BCUT2D eigenvalue weighted by molar-refractivity contribution is 0.1000. The second-order valence-corrected chi connectivity index (χ2v) is 8.20. The molecule has 0 saturated carbocycles. The van der Waals surface area contributed by atoms with Crippen LogP contribution in [0.3, 0.4) is 0 Å². The van der Waals surface area contributed by atoms with Gasteiger partial charge in [0.2, 0.25) is 5.95 Å². The number of amides is 1. The van der Waals surface area contributed by atoms with Gasteiger partial charge in [-0.05, 0) is 56.0 Å². The van der Waals surface area contributed by atoms with Gasteiger partial charge in [0.25, 0.3) is 0 Å². The number of aryl methyl sites for hydroxylation is 1. The van der Waals surface area contributed by atoms with Crippen molar-refractivity contribution in [3.63, 3.8) is 0 Å². The number of carbonyl (C=O) groups excluding carboxylic acids is 1. The minimum Gasteiger partial charge on any atom is -0.497 e. The number of nitroso groups, excluding NO2 is 1. The fourth-order valence-corrected chi connectivity index (χ4v) is 4.29. The number of piperidine rings is 1. The maximum atomic E-state index is 11.3. The summed E-state index contributed by atoms with van der Waals surface area (Å²) in [6.07, 6.45) is 8.03. The lowest BCUT2D eigenvalue weighted by atomic mass is 9.97. The first-order chi connectivity index (χ1) is 15.6. The highest BCUT2D eigenvalue weighted by molar-refractivity contribution is 5.94. The third-order valence-corrected chi connectivity index (χ3v) is 6.15. The van der Waals surface area contributed by atoms with E-state index >= 15 is 0 Å². The predicted molar refractivity (Wildman–Crippen MR) is 123 cm³/mol. The van der Waals surface area contributed by atoms with Gasteiger partial charge < -0.3 is 19.5 Å². The van der Waals surface area contributed by atoms with Crippen molar-refractivity contribution >= 4 is 22.8 Å². The van der Waals surface area contributed by atoms with Crippen LogP contribution in [0.25, 0.3) is 10.9 Å². The second-order valence-electron chi connectivity index (χ2n) is 8.20. The molecule has 1 N–H and O–H groups in total. The smallest absolute Gasteiger partial charge is 0.319 e. The molecule has 1 aliphatic heterocycles. The van der Waals surface area contributed by atoms with Crippen LogP contribution in [0, 0.1) is 10.8 Å². The van der Waals surface area contributed by atoms with Crippen LogP contribution >= 0.6 is 0 Å². The summed E-state index contributed by atoms with van der Waals surface area (Å²) in [5.41, 5.74) is 2.65. The number of nitrogens with one attached hydrogen (secondary N) is 1. The number of carbonyl (C=O) groups is 1. The van der Waals surface area contributed by atoms with Crippen molar-refractivity contribution in [2.24, 2.45) is 18.1 Å². The summed E-state index contributed by atoms with van der Waals surface area (Å²) in [5, 5.41) is 7.29. The monoisotopic (exact) mass is 436 g/mol. The van der Waals surface area contributed by atoms with Crippen molar-refractivity contribution in [1.82, 2.24) is 19.9 Å². The first-order valence-electron chi connectivity index (χ1n) is 10.9. The van der Waals surface area contributed by atoms with Gasteiger partial charge in [-0.25, -0.2) is 9.97 Å². The molecule has 1 saturated heterocycles. The highest BCUT2D eigenvalue weighted by atomic mass is 16.5. The normalized spacial score (nSPS) is 14.6. The maximum Gasteiger partial charge on any atom is 0.319 e. The van der Waals surface area contributed by atoms with Gasteiger partial charge in [0.05, 0.1) is 18.2 Å². The largest absolute Gasteiger partial charge is 0.497 e. The highest BCUT2D eigenvalue weighted by Crippen LogP contribution is 2.25. The summed E-state index contributed by atoms with van der Waals surface area (Å²) in [6, 6.07) is 6.23. The third-order valence-electron chi connectivity index (χ3n) is 6.15. The first-order valence-corrected chi connectivity index (χ1v) is 10.9. The topological polar surface area (TPSA) is 102 Å². The number of nitrogens with zero attached hydrogens (tertiary/aromatic N) is 5. The number of benzene rings is 1. The second kappa shape index (κ2) is 9.86. The molecule has 1 aliphatic rings. The molecule has 1 aromatic carbocycles. The molecule has 4 rings (SSSR count). The Morgan fingerprint density at radius 2 is 2.00 bits per heavy atom. The number of methoxy groups -OCH3 is 1. The van der Waals surface area contributed by atoms with Crippen LogP contribution in [-0.2, 0) is 13.5 Å². The molecule has 3 aromatic rings. The van der Waals surface area contributed by atoms with Crippen molar-refractivity contribution in [1.29, 1.82) is 0 Å². The average Bonchev–Trinajstić information content (AvgIpc) is 3.16. The van der Waals surface area contributed by atoms with E-state index in [0.717, 1.165) is 51.2 Å². The Morgan fingerprint density at radius 1 is 1.25 bits per heavy atom. The van der Waals surface area contributed by atoms with E-state index in [2.05, 4.69) is 55.3 Å². The maximum absolute atomic E-state index is 11.3. The van der Waals surface area contributed by atoms with E-state index in [0.29, 0.717) is 11.9 Å². The van der Waals surface area contributed by atoms with E-state index in [1.807, 2.05) is 6.07 Å². The molecule has 0 atom stereocenters. The van der Waals surface area contributed by atoms with E-state index in [4.69, 9.17) is 4.74 Å². The number of hydrogen-bond donors (Lipinski definition) is 1. The molecule has 0 spiro atoms. The zero-order valence-electron chi connectivity index (χ0n) is 18.5. The van der Waals surface area contributed by atoms with E-state index < -0.39 is 5.91 Å². The molecule has 3 heterocycles. The summed E-state index contributed by atoms with van der Waals surface area (Å²) in [7, 11) is 3.76. The zero-order chi connectivity index (χ0) is 22.5. The first kappa shape index (κ1) is 21.9. The Hall–Kier alpha value is -3.33. The van der Waals surface area contributed by atoms with Crippen LogP contribution < -0.4 is 15.0 Å². The standard InChI is InChI=1S/C23H28N6O3/c1-28-15-17(20-4-3-19(32-2)11-21(20)28)5-8-24-12-16-6-9-29(10-7-16)23-25-13-18(14-26-23)22(30)27-31/h3-4,11,13-16,24H,5-10,12H2,1-2H3. The van der Waals surface area contributed by atoms with Gasteiger partial charge in [0.1, 0.15) is 5.75 Å². The molecule has 32 heavy (non-hydrogen) atoms. The molecule has 0 aliphatic carbocycles. The van der Waals surface area contributed by atoms with Crippen LogP contribution in [-0.4, -0.2) is 53.7 Å². The van der Waals surface area contributed by atoms with Crippen molar-refractivity contribution in [2.45, 2.75) is 19.3 Å². The summed E-state index contributed by atoms with van der Waals surface area (Å²) in [6.45, 7) is 3.67. The number of hydrogen-bond acceptors (Lipinski definition) is 7. The summed E-state index contributed by atoms with van der Waals surface area (Å²) in [4.78, 5) is 32.1. The molecule has 1 amide bonds. The molecule has 0 radical (unpaired) electrons.